The van der Waals surface area contributed by atoms with E-state index in [1.54, 1.807) is 7.11 Å². The standard InChI is InChI=1S/C18H30N2O/c1-18(2,3)15-10-8-13(9-11-15)17(20-19)14-6-5-7-16(12-14)21-4/h5-7,12-13,15,17,20H,8-11,19H2,1-4H3. The van der Waals surface area contributed by atoms with Crippen molar-refractivity contribution in [3.05, 3.63) is 29.8 Å². The lowest BCUT2D eigenvalue weighted by Gasteiger charge is -2.39. The Labute approximate surface area is 129 Å². The number of hydrazine groups is 1. The maximum Gasteiger partial charge on any atom is 0.119 e. The summed E-state index contributed by atoms with van der Waals surface area (Å²) in [5.41, 5.74) is 4.69. The minimum atomic E-state index is 0.223. The van der Waals surface area contributed by atoms with E-state index in [1.165, 1.54) is 31.2 Å². The number of benzene rings is 1. The van der Waals surface area contributed by atoms with Gasteiger partial charge in [0, 0.05) is 6.04 Å². The Morgan fingerprint density at radius 3 is 2.38 bits per heavy atom. The normalized spacial score (nSPS) is 24.6. The van der Waals surface area contributed by atoms with Crippen LogP contribution in [0, 0.1) is 17.3 Å². The Morgan fingerprint density at radius 2 is 1.86 bits per heavy atom. The van der Waals surface area contributed by atoms with Gasteiger partial charge in [0.2, 0.25) is 0 Å². The molecule has 2 rings (SSSR count). The van der Waals surface area contributed by atoms with Crippen molar-refractivity contribution in [1.29, 1.82) is 0 Å². The van der Waals surface area contributed by atoms with Crippen molar-refractivity contribution in [3.63, 3.8) is 0 Å². The second kappa shape index (κ2) is 6.80. The molecule has 0 amide bonds. The fraction of sp³-hybridized carbons (Fsp3) is 0.667. The molecule has 1 atom stereocenters. The Kier molecular flexibility index (Phi) is 5.28. The molecule has 0 aliphatic heterocycles. The van der Waals surface area contributed by atoms with Gasteiger partial charge >= 0.3 is 0 Å². The number of rotatable bonds is 4. The van der Waals surface area contributed by atoms with Crippen molar-refractivity contribution in [1.82, 2.24) is 5.43 Å². The third-order valence-corrected chi connectivity index (χ3v) is 5.10. The van der Waals surface area contributed by atoms with Crippen molar-refractivity contribution in [2.45, 2.75) is 52.5 Å². The third kappa shape index (κ3) is 3.98. The quantitative estimate of drug-likeness (QED) is 0.649. The van der Waals surface area contributed by atoms with Crippen LogP contribution >= 0.6 is 0 Å². The van der Waals surface area contributed by atoms with Crippen LogP contribution in [0.1, 0.15) is 58.1 Å². The lowest BCUT2D eigenvalue weighted by Crippen LogP contribution is -2.36. The molecule has 3 N–H and O–H groups in total. The van der Waals surface area contributed by atoms with Gasteiger partial charge in [0.25, 0.3) is 0 Å². The van der Waals surface area contributed by atoms with E-state index in [4.69, 9.17) is 10.6 Å². The molecule has 0 heterocycles. The van der Waals surface area contributed by atoms with E-state index >= 15 is 0 Å². The highest BCUT2D eigenvalue weighted by molar-refractivity contribution is 5.31. The van der Waals surface area contributed by atoms with E-state index in [-0.39, 0.29) is 6.04 Å². The molecule has 1 aromatic rings. The van der Waals surface area contributed by atoms with Crippen LogP contribution in [0.2, 0.25) is 0 Å². The van der Waals surface area contributed by atoms with Crippen LogP contribution < -0.4 is 16.0 Å². The zero-order valence-electron chi connectivity index (χ0n) is 13.9. The highest BCUT2D eigenvalue weighted by atomic mass is 16.5. The van der Waals surface area contributed by atoms with Gasteiger partial charge in [0.05, 0.1) is 7.11 Å². The summed E-state index contributed by atoms with van der Waals surface area (Å²) in [7, 11) is 1.71. The number of nitrogens with one attached hydrogen (secondary N) is 1. The molecule has 1 unspecified atom stereocenters. The molecular formula is C18H30N2O. The van der Waals surface area contributed by atoms with Gasteiger partial charge in [0.15, 0.2) is 0 Å². The number of hydrogen-bond acceptors (Lipinski definition) is 3. The Balaban J connectivity index is 2.06. The first-order chi connectivity index (χ1) is 9.95. The van der Waals surface area contributed by atoms with Crippen molar-refractivity contribution in [3.8, 4) is 5.75 Å². The van der Waals surface area contributed by atoms with Crippen molar-refractivity contribution in [2.24, 2.45) is 23.1 Å². The average molecular weight is 290 g/mol. The lowest BCUT2D eigenvalue weighted by atomic mass is 9.68. The van der Waals surface area contributed by atoms with E-state index in [0.717, 1.165) is 11.7 Å². The van der Waals surface area contributed by atoms with Crippen molar-refractivity contribution in [2.75, 3.05) is 7.11 Å². The van der Waals surface area contributed by atoms with Gasteiger partial charge in [0.1, 0.15) is 5.75 Å². The second-order valence-electron chi connectivity index (χ2n) is 7.40. The molecule has 3 heteroatoms. The molecule has 0 spiro atoms. The smallest absolute Gasteiger partial charge is 0.119 e. The molecule has 0 saturated heterocycles. The molecule has 3 nitrogen and oxygen atoms in total. The van der Waals surface area contributed by atoms with Crippen LogP contribution in [0.3, 0.4) is 0 Å². The summed E-state index contributed by atoms with van der Waals surface area (Å²) in [6.45, 7) is 7.08. The summed E-state index contributed by atoms with van der Waals surface area (Å²) >= 11 is 0. The average Bonchev–Trinajstić information content (AvgIpc) is 2.48. The maximum atomic E-state index is 5.86. The monoisotopic (exact) mass is 290 g/mol. The fourth-order valence-electron chi connectivity index (χ4n) is 3.66. The van der Waals surface area contributed by atoms with Gasteiger partial charge in [-0.05, 0) is 60.6 Å². The summed E-state index contributed by atoms with van der Waals surface area (Å²) in [5.74, 6) is 8.20. The highest BCUT2D eigenvalue weighted by Crippen LogP contribution is 2.43. The van der Waals surface area contributed by atoms with Crippen LogP contribution in [0.25, 0.3) is 0 Å². The molecule has 1 aliphatic rings. The van der Waals surface area contributed by atoms with Crippen LogP contribution in [0.15, 0.2) is 24.3 Å². The topological polar surface area (TPSA) is 47.3 Å². The third-order valence-electron chi connectivity index (χ3n) is 5.10. The van der Waals surface area contributed by atoms with E-state index in [2.05, 4.69) is 38.3 Å². The zero-order valence-corrected chi connectivity index (χ0v) is 13.9. The molecule has 0 radical (unpaired) electrons. The second-order valence-corrected chi connectivity index (χ2v) is 7.40. The highest BCUT2D eigenvalue weighted by Gasteiger charge is 2.33. The van der Waals surface area contributed by atoms with Gasteiger partial charge in [-0.3, -0.25) is 11.3 Å². The number of ether oxygens (including phenoxy) is 1. The maximum absolute atomic E-state index is 5.86. The SMILES string of the molecule is COc1cccc(C(NN)C2CCC(C(C)(C)C)CC2)c1. The van der Waals surface area contributed by atoms with E-state index in [9.17, 15) is 0 Å². The molecule has 1 fully saturated rings. The van der Waals surface area contributed by atoms with E-state index in [1.807, 2.05) is 12.1 Å². The van der Waals surface area contributed by atoms with Gasteiger partial charge in [-0.25, -0.2) is 0 Å². The van der Waals surface area contributed by atoms with Gasteiger partial charge in [-0.2, -0.15) is 0 Å². The predicted molar refractivity (Wildman–Crippen MR) is 88.0 cm³/mol. The van der Waals surface area contributed by atoms with Crippen LogP contribution in [0.5, 0.6) is 5.75 Å². The predicted octanol–water partition coefficient (Wildman–Crippen LogP) is 4.05. The molecule has 0 aromatic heterocycles. The molecular weight excluding hydrogens is 260 g/mol. The first kappa shape index (κ1) is 16.3. The van der Waals surface area contributed by atoms with Gasteiger partial charge in [-0.15, -0.1) is 0 Å². The summed E-state index contributed by atoms with van der Waals surface area (Å²) < 4.78 is 5.33. The van der Waals surface area contributed by atoms with E-state index in [0.29, 0.717) is 11.3 Å². The minimum absolute atomic E-state index is 0.223. The van der Waals surface area contributed by atoms with Crippen LogP contribution in [-0.2, 0) is 0 Å². The lowest BCUT2D eigenvalue weighted by molar-refractivity contribution is 0.132. The van der Waals surface area contributed by atoms with E-state index < -0.39 is 0 Å². The molecule has 0 bridgehead atoms. The number of hydrogen-bond donors (Lipinski definition) is 2. The Bertz CT molecular complexity index is 445. The molecule has 1 saturated carbocycles. The summed E-state index contributed by atoms with van der Waals surface area (Å²) in [5, 5.41) is 0. The van der Waals surface area contributed by atoms with Crippen LogP contribution in [-0.4, -0.2) is 7.11 Å². The fourth-order valence-corrected chi connectivity index (χ4v) is 3.66. The van der Waals surface area contributed by atoms with Gasteiger partial charge < -0.3 is 4.74 Å². The van der Waals surface area contributed by atoms with Crippen molar-refractivity contribution < 1.29 is 4.74 Å². The summed E-state index contributed by atoms with van der Waals surface area (Å²) in [6.07, 6.45) is 5.09. The molecule has 1 aromatic carbocycles. The van der Waals surface area contributed by atoms with Crippen LogP contribution in [0.4, 0.5) is 0 Å². The van der Waals surface area contributed by atoms with Gasteiger partial charge in [-0.1, -0.05) is 32.9 Å². The summed E-state index contributed by atoms with van der Waals surface area (Å²) in [6, 6.07) is 8.48. The Hall–Kier alpha value is -1.06. The Morgan fingerprint density at radius 1 is 1.19 bits per heavy atom. The number of nitrogens with two attached hydrogens (primary N) is 1. The summed E-state index contributed by atoms with van der Waals surface area (Å²) in [4.78, 5) is 0. The number of methoxy groups -OCH3 is 1. The largest absolute Gasteiger partial charge is 0.497 e. The first-order valence-corrected chi connectivity index (χ1v) is 8.05. The molecule has 1 aliphatic carbocycles. The first-order valence-electron chi connectivity index (χ1n) is 8.05. The van der Waals surface area contributed by atoms with Crippen molar-refractivity contribution >= 4 is 0 Å². The molecule has 118 valence electrons. The zero-order chi connectivity index (χ0) is 15.5. The minimum Gasteiger partial charge on any atom is -0.497 e. The molecule has 21 heavy (non-hydrogen) atoms.